The molecular formula is C14H15ClN4O. The SMILES string of the molecule is CCNc1cc(C(=O)Nc2cncc(C)c2)cc(Cl)n1. The topological polar surface area (TPSA) is 66.9 Å². The summed E-state index contributed by atoms with van der Waals surface area (Å²) < 4.78 is 0. The zero-order chi connectivity index (χ0) is 14.5. The molecule has 1 amide bonds. The lowest BCUT2D eigenvalue weighted by atomic mass is 10.2. The number of nitrogens with one attached hydrogen (secondary N) is 2. The summed E-state index contributed by atoms with van der Waals surface area (Å²) in [6.07, 6.45) is 3.32. The van der Waals surface area contributed by atoms with E-state index in [0.717, 1.165) is 5.56 Å². The van der Waals surface area contributed by atoms with Gasteiger partial charge in [-0.25, -0.2) is 4.98 Å². The van der Waals surface area contributed by atoms with Crippen molar-refractivity contribution >= 4 is 29.0 Å². The fourth-order valence-corrected chi connectivity index (χ4v) is 1.93. The van der Waals surface area contributed by atoms with E-state index in [1.165, 1.54) is 6.07 Å². The lowest BCUT2D eigenvalue weighted by Gasteiger charge is -2.08. The van der Waals surface area contributed by atoms with Crippen LogP contribution >= 0.6 is 11.6 Å². The van der Waals surface area contributed by atoms with E-state index >= 15 is 0 Å². The summed E-state index contributed by atoms with van der Waals surface area (Å²) in [5.41, 5.74) is 2.07. The molecule has 2 aromatic heterocycles. The average Bonchev–Trinajstić information content (AvgIpc) is 2.38. The Labute approximate surface area is 122 Å². The smallest absolute Gasteiger partial charge is 0.255 e. The van der Waals surface area contributed by atoms with Gasteiger partial charge in [0, 0.05) is 18.3 Å². The van der Waals surface area contributed by atoms with Gasteiger partial charge in [0.2, 0.25) is 0 Å². The molecule has 0 spiro atoms. The summed E-state index contributed by atoms with van der Waals surface area (Å²) in [5, 5.41) is 6.08. The highest BCUT2D eigenvalue weighted by Gasteiger charge is 2.10. The van der Waals surface area contributed by atoms with Crippen molar-refractivity contribution in [3.8, 4) is 0 Å². The quantitative estimate of drug-likeness (QED) is 0.849. The number of amides is 1. The van der Waals surface area contributed by atoms with Crippen LogP contribution in [0.4, 0.5) is 11.5 Å². The normalized spacial score (nSPS) is 10.2. The highest BCUT2D eigenvalue weighted by atomic mass is 35.5. The molecule has 0 atom stereocenters. The molecule has 2 heterocycles. The van der Waals surface area contributed by atoms with Gasteiger partial charge in [-0.3, -0.25) is 9.78 Å². The van der Waals surface area contributed by atoms with Crippen molar-refractivity contribution in [1.29, 1.82) is 0 Å². The second-order valence-corrected chi connectivity index (χ2v) is 4.69. The fraction of sp³-hybridized carbons (Fsp3) is 0.214. The van der Waals surface area contributed by atoms with E-state index in [-0.39, 0.29) is 11.1 Å². The van der Waals surface area contributed by atoms with Gasteiger partial charge in [0.1, 0.15) is 11.0 Å². The molecule has 6 heteroatoms. The van der Waals surface area contributed by atoms with Crippen LogP contribution < -0.4 is 10.6 Å². The number of aryl methyl sites for hydroxylation is 1. The maximum absolute atomic E-state index is 12.2. The summed E-state index contributed by atoms with van der Waals surface area (Å²) in [7, 11) is 0. The van der Waals surface area contributed by atoms with Crippen LogP contribution in [0.25, 0.3) is 0 Å². The summed E-state index contributed by atoms with van der Waals surface area (Å²) in [4.78, 5) is 20.3. The van der Waals surface area contributed by atoms with E-state index in [0.29, 0.717) is 23.6 Å². The number of hydrogen-bond donors (Lipinski definition) is 2. The number of aromatic nitrogens is 2. The molecule has 0 aliphatic rings. The maximum atomic E-state index is 12.2. The molecule has 0 bridgehead atoms. The third-order valence-electron chi connectivity index (χ3n) is 2.55. The maximum Gasteiger partial charge on any atom is 0.255 e. The second-order valence-electron chi connectivity index (χ2n) is 4.30. The second kappa shape index (κ2) is 6.34. The molecule has 2 aromatic rings. The molecule has 0 fully saturated rings. The number of nitrogens with zero attached hydrogens (tertiary/aromatic N) is 2. The van der Waals surface area contributed by atoms with Gasteiger partial charge in [-0.2, -0.15) is 0 Å². The predicted molar refractivity (Wildman–Crippen MR) is 80.3 cm³/mol. The van der Waals surface area contributed by atoms with Gasteiger partial charge in [-0.05, 0) is 37.6 Å². The Morgan fingerprint density at radius 1 is 1.30 bits per heavy atom. The van der Waals surface area contributed by atoms with Crippen LogP contribution in [0.2, 0.25) is 5.15 Å². The van der Waals surface area contributed by atoms with Crippen LogP contribution in [-0.4, -0.2) is 22.4 Å². The molecule has 0 aliphatic heterocycles. The van der Waals surface area contributed by atoms with Crippen LogP contribution in [0.15, 0.2) is 30.6 Å². The minimum absolute atomic E-state index is 0.249. The monoisotopic (exact) mass is 290 g/mol. The Morgan fingerprint density at radius 3 is 2.80 bits per heavy atom. The molecule has 20 heavy (non-hydrogen) atoms. The van der Waals surface area contributed by atoms with Gasteiger partial charge in [-0.1, -0.05) is 11.6 Å². The molecule has 0 aromatic carbocycles. The van der Waals surface area contributed by atoms with E-state index < -0.39 is 0 Å². The van der Waals surface area contributed by atoms with Crippen molar-refractivity contribution in [2.45, 2.75) is 13.8 Å². The number of carbonyl (C=O) groups excluding carboxylic acids is 1. The molecule has 0 radical (unpaired) electrons. The molecule has 0 unspecified atom stereocenters. The Bertz CT molecular complexity index is 630. The average molecular weight is 291 g/mol. The van der Waals surface area contributed by atoms with Gasteiger partial charge < -0.3 is 10.6 Å². The molecule has 0 saturated carbocycles. The Morgan fingerprint density at radius 2 is 2.10 bits per heavy atom. The zero-order valence-corrected chi connectivity index (χ0v) is 12.0. The number of hydrogen-bond acceptors (Lipinski definition) is 4. The van der Waals surface area contributed by atoms with Crippen LogP contribution in [0.5, 0.6) is 0 Å². The zero-order valence-electron chi connectivity index (χ0n) is 11.3. The van der Waals surface area contributed by atoms with Crippen LogP contribution in [0.1, 0.15) is 22.8 Å². The number of rotatable bonds is 4. The lowest BCUT2D eigenvalue weighted by Crippen LogP contribution is -2.13. The molecule has 5 nitrogen and oxygen atoms in total. The highest BCUT2D eigenvalue weighted by molar-refractivity contribution is 6.30. The van der Waals surface area contributed by atoms with Gasteiger partial charge >= 0.3 is 0 Å². The van der Waals surface area contributed by atoms with Gasteiger partial charge in [0.05, 0.1) is 11.9 Å². The van der Waals surface area contributed by atoms with Crippen LogP contribution in [-0.2, 0) is 0 Å². The molecular weight excluding hydrogens is 276 g/mol. The summed E-state index contributed by atoms with van der Waals surface area (Å²) in [6, 6.07) is 5.04. The van der Waals surface area contributed by atoms with Crippen LogP contribution in [0, 0.1) is 6.92 Å². The van der Waals surface area contributed by atoms with Gasteiger partial charge in [-0.15, -0.1) is 0 Å². The Hall–Kier alpha value is -2.14. The lowest BCUT2D eigenvalue weighted by molar-refractivity contribution is 0.102. The van der Waals surface area contributed by atoms with E-state index in [1.54, 1.807) is 18.5 Å². The third kappa shape index (κ3) is 3.68. The standard InChI is InChI=1S/C14H15ClN4O/c1-3-17-13-6-10(5-12(15)19-13)14(20)18-11-4-9(2)7-16-8-11/h4-8H,3H2,1-2H3,(H,17,19)(H,18,20). The molecule has 0 aliphatic carbocycles. The summed E-state index contributed by atoms with van der Waals surface area (Å²) in [6.45, 7) is 4.56. The minimum Gasteiger partial charge on any atom is -0.370 e. The Kier molecular flexibility index (Phi) is 4.53. The number of pyridine rings is 2. The Balaban J connectivity index is 2.20. The minimum atomic E-state index is -0.249. The third-order valence-corrected chi connectivity index (χ3v) is 2.74. The van der Waals surface area contributed by atoms with Gasteiger partial charge in [0.15, 0.2) is 0 Å². The largest absolute Gasteiger partial charge is 0.370 e. The molecule has 2 N–H and O–H groups in total. The van der Waals surface area contributed by atoms with Crippen molar-refractivity contribution in [3.63, 3.8) is 0 Å². The van der Waals surface area contributed by atoms with Crippen molar-refractivity contribution in [2.75, 3.05) is 17.2 Å². The van der Waals surface area contributed by atoms with Crippen molar-refractivity contribution < 1.29 is 4.79 Å². The molecule has 2 rings (SSSR count). The van der Waals surface area contributed by atoms with Gasteiger partial charge in [0.25, 0.3) is 5.91 Å². The van der Waals surface area contributed by atoms with E-state index in [2.05, 4.69) is 20.6 Å². The predicted octanol–water partition coefficient (Wildman–Crippen LogP) is 3.12. The highest BCUT2D eigenvalue weighted by Crippen LogP contribution is 2.16. The van der Waals surface area contributed by atoms with Crippen molar-refractivity contribution in [1.82, 2.24) is 9.97 Å². The first-order valence-corrected chi connectivity index (χ1v) is 6.60. The fourth-order valence-electron chi connectivity index (χ4n) is 1.73. The van der Waals surface area contributed by atoms with Crippen LogP contribution in [0.3, 0.4) is 0 Å². The first kappa shape index (κ1) is 14.3. The van der Waals surface area contributed by atoms with E-state index in [9.17, 15) is 4.79 Å². The molecule has 0 saturated heterocycles. The number of anilines is 2. The van der Waals surface area contributed by atoms with E-state index in [4.69, 9.17) is 11.6 Å². The summed E-state index contributed by atoms with van der Waals surface area (Å²) >= 11 is 5.91. The first-order valence-electron chi connectivity index (χ1n) is 6.23. The summed E-state index contributed by atoms with van der Waals surface area (Å²) in [5.74, 6) is 0.327. The van der Waals surface area contributed by atoms with Crippen molar-refractivity contribution in [2.24, 2.45) is 0 Å². The number of halogens is 1. The van der Waals surface area contributed by atoms with E-state index in [1.807, 2.05) is 19.9 Å². The van der Waals surface area contributed by atoms with Crippen molar-refractivity contribution in [3.05, 3.63) is 46.9 Å². The molecule has 104 valence electrons. The number of carbonyl (C=O) groups is 1. The first-order chi connectivity index (χ1) is 9.58.